The lowest BCUT2D eigenvalue weighted by Crippen LogP contribution is -2.39. The maximum Gasteiger partial charge on any atom is 0.309 e. The lowest BCUT2D eigenvalue weighted by molar-refractivity contribution is -0.139. The third-order valence-corrected chi connectivity index (χ3v) is 3.28. The van der Waals surface area contributed by atoms with E-state index in [1.54, 1.807) is 18.2 Å². The Balaban J connectivity index is 1.83. The summed E-state index contributed by atoms with van der Waals surface area (Å²) in [6.45, 7) is 0.590. The highest BCUT2D eigenvalue weighted by atomic mass is 19.1. The van der Waals surface area contributed by atoms with Crippen molar-refractivity contribution in [2.24, 2.45) is 5.73 Å². The molecule has 0 saturated heterocycles. The summed E-state index contributed by atoms with van der Waals surface area (Å²) in [6, 6.07) is 13.5. The van der Waals surface area contributed by atoms with Crippen molar-refractivity contribution in [2.75, 3.05) is 0 Å². The van der Waals surface area contributed by atoms with Crippen molar-refractivity contribution in [3.63, 3.8) is 0 Å². The molecule has 2 rings (SSSR count). The van der Waals surface area contributed by atoms with E-state index in [0.29, 0.717) is 12.1 Å². The van der Waals surface area contributed by atoms with Crippen molar-refractivity contribution in [2.45, 2.75) is 19.6 Å². The van der Waals surface area contributed by atoms with Crippen LogP contribution in [-0.4, -0.2) is 11.8 Å². The molecule has 5 nitrogen and oxygen atoms in total. The van der Waals surface area contributed by atoms with E-state index in [4.69, 9.17) is 5.73 Å². The smallest absolute Gasteiger partial charge is 0.309 e. The summed E-state index contributed by atoms with van der Waals surface area (Å²) in [7, 11) is 0. The van der Waals surface area contributed by atoms with Crippen LogP contribution in [-0.2, 0) is 29.2 Å². The van der Waals surface area contributed by atoms with E-state index < -0.39 is 17.6 Å². The van der Waals surface area contributed by atoms with Gasteiger partial charge in [-0.2, -0.15) is 0 Å². The lowest BCUT2D eigenvalue weighted by atomic mass is 10.1. The maximum atomic E-state index is 13.4. The Bertz CT molecular complexity index is 704. The molecule has 120 valence electrons. The van der Waals surface area contributed by atoms with Crippen LogP contribution in [0.3, 0.4) is 0 Å². The Hall–Kier alpha value is -2.73. The first-order chi connectivity index (χ1) is 11.1. The zero-order chi connectivity index (χ0) is 16.7. The fraction of sp³-hybridized carbons (Fsp3) is 0.176. The van der Waals surface area contributed by atoms with Crippen LogP contribution in [0.25, 0.3) is 0 Å². The van der Waals surface area contributed by atoms with E-state index in [-0.39, 0.29) is 13.1 Å². The number of hydrogen-bond donors (Lipinski definition) is 3. The number of halogens is 1. The summed E-state index contributed by atoms with van der Waals surface area (Å²) in [6.07, 6.45) is 0. The second-order valence-corrected chi connectivity index (χ2v) is 4.98. The molecule has 0 radical (unpaired) electrons. The van der Waals surface area contributed by atoms with E-state index >= 15 is 0 Å². The van der Waals surface area contributed by atoms with Gasteiger partial charge in [-0.15, -0.1) is 0 Å². The van der Waals surface area contributed by atoms with Crippen LogP contribution in [0, 0.1) is 5.82 Å². The van der Waals surface area contributed by atoms with Gasteiger partial charge < -0.3 is 16.4 Å². The molecule has 4 N–H and O–H groups in total. The van der Waals surface area contributed by atoms with Crippen molar-refractivity contribution in [3.8, 4) is 0 Å². The number of benzene rings is 2. The standard InChI is InChI=1S/C17H18FN3O2/c18-15-7-2-1-6-14(15)11-21-17(23)16(22)20-10-13-5-3-4-12(8-13)9-19/h1-8H,9-11,19H2,(H,20,22)(H,21,23). The summed E-state index contributed by atoms with van der Waals surface area (Å²) in [5.74, 6) is -1.99. The van der Waals surface area contributed by atoms with Gasteiger partial charge in [0.05, 0.1) is 0 Å². The summed E-state index contributed by atoms with van der Waals surface area (Å²) < 4.78 is 13.4. The highest BCUT2D eigenvalue weighted by molar-refractivity contribution is 6.35. The molecule has 0 fully saturated rings. The summed E-state index contributed by atoms with van der Waals surface area (Å²) in [5.41, 5.74) is 7.67. The number of carbonyl (C=O) groups excluding carboxylic acids is 2. The fourth-order valence-corrected chi connectivity index (χ4v) is 2.03. The second-order valence-electron chi connectivity index (χ2n) is 4.98. The topological polar surface area (TPSA) is 84.2 Å². The minimum absolute atomic E-state index is 0.0401. The monoisotopic (exact) mass is 315 g/mol. The van der Waals surface area contributed by atoms with Crippen molar-refractivity contribution in [1.82, 2.24) is 10.6 Å². The average Bonchev–Trinajstić information content (AvgIpc) is 2.58. The molecule has 0 aromatic heterocycles. The molecule has 0 spiro atoms. The van der Waals surface area contributed by atoms with Gasteiger partial charge in [-0.05, 0) is 17.2 Å². The van der Waals surface area contributed by atoms with Gasteiger partial charge in [0.25, 0.3) is 0 Å². The number of nitrogens with two attached hydrogens (primary N) is 1. The molecular weight excluding hydrogens is 297 g/mol. The number of carbonyl (C=O) groups is 2. The first-order valence-electron chi connectivity index (χ1n) is 7.17. The third-order valence-electron chi connectivity index (χ3n) is 3.28. The summed E-state index contributed by atoms with van der Waals surface area (Å²) >= 11 is 0. The van der Waals surface area contributed by atoms with Crippen LogP contribution in [0.15, 0.2) is 48.5 Å². The van der Waals surface area contributed by atoms with Crippen molar-refractivity contribution in [1.29, 1.82) is 0 Å². The Kier molecular flexibility index (Phi) is 5.82. The first-order valence-corrected chi connectivity index (χ1v) is 7.17. The molecule has 0 aliphatic heterocycles. The van der Waals surface area contributed by atoms with Crippen LogP contribution in [0.4, 0.5) is 4.39 Å². The van der Waals surface area contributed by atoms with Crippen LogP contribution in [0.5, 0.6) is 0 Å². The average molecular weight is 315 g/mol. The van der Waals surface area contributed by atoms with Crippen LogP contribution in [0.1, 0.15) is 16.7 Å². The van der Waals surface area contributed by atoms with Gasteiger partial charge in [-0.3, -0.25) is 9.59 Å². The summed E-state index contributed by atoms with van der Waals surface area (Å²) in [5, 5.41) is 4.90. The zero-order valence-corrected chi connectivity index (χ0v) is 12.5. The molecule has 0 atom stereocenters. The van der Waals surface area contributed by atoms with Crippen LogP contribution < -0.4 is 16.4 Å². The predicted octanol–water partition coefficient (Wildman–Crippen LogP) is 1.22. The van der Waals surface area contributed by atoms with Crippen molar-refractivity contribution >= 4 is 11.8 Å². The molecule has 6 heteroatoms. The highest BCUT2D eigenvalue weighted by Crippen LogP contribution is 2.06. The van der Waals surface area contributed by atoms with Crippen molar-refractivity contribution in [3.05, 3.63) is 71.0 Å². The maximum absolute atomic E-state index is 13.4. The largest absolute Gasteiger partial charge is 0.344 e. The molecule has 0 aliphatic rings. The quantitative estimate of drug-likeness (QED) is 0.725. The molecule has 0 bridgehead atoms. The van der Waals surface area contributed by atoms with Gasteiger partial charge >= 0.3 is 11.8 Å². The Morgan fingerprint density at radius 3 is 2.26 bits per heavy atom. The number of amides is 2. The zero-order valence-electron chi connectivity index (χ0n) is 12.5. The number of rotatable bonds is 5. The fourth-order valence-electron chi connectivity index (χ4n) is 2.03. The number of nitrogens with one attached hydrogen (secondary N) is 2. The molecule has 2 aromatic rings. The second kappa shape index (κ2) is 8.05. The molecule has 0 saturated carbocycles. The van der Waals surface area contributed by atoms with E-state index in [2.05, 4.69) is 10.6 Å². The summed E-state index contributed by atoms with van der Waals surface area (Å²) in [4.78, 5) is 23.4. The van der Waals surface area contributed by atoms with Gasteiger partial charge in [0, 0.05) is 25.2 Å². The van der Waals surface area contributed by atoms with E-state index in [9.17, 15) is 14.0 Å². The van der Waals surface area contributed by atoms with Crippen LogP contribution in [0.2, 0.25) is 0 Å². The first kappa shape index (κ1) is 16.6. The molecule has 2 aromatic carbocycles. The van der Waals surface area contributed by atoms with E-state index in [1.807, 2.05) is 24.3 Å². The molecule has 0 heterocycles. The SMILES string of the molecule is NCc1cccc(CNC(=O)C(=O)NCc2ccccc2F)c1. The Morgan fingerprint density at radius 2 is 1.57 bits per heavy atom. The highest BCUT2D eigenvalue weighted by Gasteiger charge is 2.13. The molecule has 0 unspecified atom stereocenters. The molecule has 2 amide bonds. The van der Waals surface area contributed by atoms with Gasteiger partial charge in [0.1, 0.15) is 5.82 Å². The lowest BCUT2D eigenvalue weighted by Gasteiger charge is -2.08. The Morgan fingerprint density at radius 1 is 0.913 bits per heavy atom. The van der Waals surface area contributed by atoms with Gasteiger partial charge in [0.2, 0.25) is 0 Å². The van der Waals surface area contributed by atoms with E-state index in [0.717, 1.165) is 11.1 Å². The van der Waals surface area contributed by atoms with Crippen LogP contribution >= 0.6 is 0 Å². The van der Waals surface area contributed by atoms with Gasteiger partial charge in [-0.25, -0.2) is 4.39 Å². The van der Waals surface area contributed by atoms with E-state index in [1.165, 1.54) is 6.07 Å². The minimum Gasteiger partial charge on any atom is -0.344 e. The number of hydrogen-bond acceptors (Lipinski definition) is 3. The van der Waals surface area contributed by atoms with Gasteiger partial charge in [-0.1, -0.05) is 42.5 Å². The van der Waals surface area contributed by atoms with Gasteiger partial charge in [0.15, 0.2) is 0 Å². The van der Waals surface area contributed by atoms with Crippen molar-refractivity contribution < 1.29 is 14.0 Å². The molecule has 23 heavy (non-hydrogen) atoms. The molecule has 0 aliphatic carbocycles. The predicted molar refractivity (Wildman–Crippen MR) is 84.4 cm³/mol. The normalized spacial score (nSPS) is 10.2. The minimum atomic E-state index is -0.803. The molecular formula is C17H18FN3O2. The Labute approximate surface area is 133 Å². The third kappa shape index (κ3) is 4.89.